The van der Waals surface area contributed by atoms with Crippen molar-refractivity contribution < 1.29 is 28.6 Å². The summed E-state index contributed by atoms with van der Waals surface area (Å²) in [6, 6.07) is 14.7. The van der Waals surface area contributed by atoms with Gasteiger partial charge >= 0.3 is 0 Å². The van der Waals surface area contributed by atoms with Gasteiger partial charge in [-0.2, -0.15) is 0 Å². The second-order valence-corrected chi connectivity index (χ2v) is 9.68. The Morgan fingerprint density at radius 3 is 2.39 bits per heavy atom. The van der Waals surface area contributed by atoms with E-state index in [2.05, 4.69) is 0 Å². The summed E-state index contributed by atoms with van der Waals surface area (Å²) in [7, 11) is 1.50. The monoisotopic (exact) mass is 489 g/mol. The Balaban J connectivity index is 1.95. The molecule has 0 bridgehead atoms. The quantitative estimate of drug-likeness (QED) is 0.263. The number of hydrogen-bond acceptors (Lipinski definition) is 6. The molecule has 3 aromatic rings. The number of aliphatic hydroxyl groups excluding tert-OH is 1. The Kier molecular flexibility index (Phi) is 6.67. The molecule has 7 nitrogen and oxygen atoms in total. The minimum atomic E-state index is -0.973. The summed E-state index contributed by atoms with van der Waals surface area (Å²) in [4.78, 5) is 28.1. The van der Waals surface area contributed by atoms with E-state index in [1.54, 1.807) is 61.5 Å². The number of carbonyl (C=O) groups excluding carboxylic acids is 2. The number of ether oxygens (including phenoxy) is 2. The second kappa shape index (κ2) is 9.57. The summed E-state index contributed by atoms with van der Waals surface area (Å²) < 4.78 is 17.2. The van der Waals surface area contributed by atoms with Crippen LogP contribution in [-0.2, 0) is 15.0 Å². The highest BCUT2D eigenvalue weighted by molar-refractivity contribution is 6.51. The lowest BCUT2D eigenvalue weighted by atomic mass is 9.84. The van der Waals surface area contributed by atoms with Gasteiger partial charge in [0.25, 0.3) is 11.7 Å². The normalized spacial score (nSPS) is 17.5. The zero-order valence-corrected chi connectivity index (χ0v) is 21.4. The number of amides is 1. The Bertz CT molecular complexity index is 1340. The van der Waals surface area contributed by atoms with Gasteiger partial charge in [0.1, 0.15) is 34.8 Å². The third-order valence-corrected chi connectivity index (χ3v) is 6.18. The first kappa shape index (κ1) is 25.1. The number of aryl methyl sites for hydroxylation is 1. The molecular formula is C29H31NO6. The smallest absolute Gasteiger partial charge is 0.300 e. The highest BCUT2D eigenvalue weighted by Gasteiger charge is 2.49. The average Bonchev–Trinajstić information content (AvgIpc) is 3.39. The molecule has 2 heterocycles. The van der Waals surface area contributed by atoms with E-state index in [1.807, 2.05) is 27.7 Å². The van der Waals surface area contributed by atoms with Crippen LogP contribution in [0.25, 0.3) is 5.76 Å². The fourth-order valence-electron chi connectivity index (χ4n) is 4.48. The van der Waals surface area contributed by atoms with Gasteiger partial charge in [-0.05, 0) is 61.7 Å². The van der Waals surface area contributed by atoms with Crippen molar-refractivity contribution in [2.24, 2.45) is 0 Å². The largest absolute Gasteiger partial charge is 0.507 e. The molecule has 2 aromatic carbocycles. The van der Waals surface area contributed by atoms with Crippen LogP contribution >= 0.6 is 0 Å². The maximum Gasteiger partial charge on any atom is 0.300 e. The standard InChI is InChI=1S/C29H31NO6/c1-7-35-21-15-13-18(16-19(21)29(3,4)5)26(31)24-25(23-14-12-17(2)36-23)30(28(33)27(24)32)20-10-8-9-11-22(20)34-6/h8-16,25,31H,7H2,1-6H3/b26-24-. The molecule has 7 heteroatoms. The van der Waals surface area contributed by atoms with Crippen molar-refractivity contribution in [2.45, 2.75) is 46.1 Å². The van der Waals surface area contributed by atoms with Gasteiger partial charge in [-0.15, -0.1) is 0 Å². The summed E-state index contributed by atoms with van der Waals surface area (Å²) >= 11 is 0. The van der Waals surface area contributed by atoms with Crippen LogP contribution in [0.2, 0.25) is 0 Å². The van der Waals surface area contributed by atoms with Gasteiger partial charge in [0.2, 0.25) is 0 Å². The summed E-state index contributed by atoms with van der Waals surface area (Å²) in [5, 5.41) is 11.5. The molecule has 4 rings (SSSR count). The van der Waals surface area contributed by atoms with Gasteiger partial charge in [-0.3, -0.25) is 14.5 Å². The number of hydrogen-bond donors (Lipinski definition) is 1. The van der Waals surface area contributed by atoms with Crippen molar-refractivity contribution in [1.82, 2.24) is 0 Å². The average molecular weight is 490 g/mol. The summed E-state index contributed by atoms with van der Waals surface area (Å²) in [6.45, 7) is 10.3. The molecule has 1 saturated heterocycles. The summed E-state index contributed by atoms with van der Waals surface area (Å²) in [5.41, 5.74) is 1.35. The van der Waals surface area contributed by atoms with Gasteiger partial charge in [-0.1, -0.05) is 32.9 Å². The SMILES string of the molecule is CCOc1ccc(/C(O)=C2/C(=O)C(=O)N(c3ccccc3OC)C2c2ccc(C)o2)cc1C(C)(C)C. The first-order valence-corrected chi connectivity index (χ1v) is 11.9. The van der Waals surface area contributed by atoms with Gasteiger partial charge in [-0.25, -0.2) is 0 Å². The van der Waals surface area contributed by atoms with Crippen LogP contribution in [0, 0.1) is 6.92 Å². The Hall–Kier alpha value is -4.00. The predicted octanol–water partition coefficient (Wildman–Crippen LogP) is 5.92. The van der Waals surface area contributed by atoms with Crippen molar-refractivity contribution in [3.05, 3.63) is 82.8 Å². The van der Waals surface area contributed by atoms with E-state index in [4.69, 9.17) is 13.9 Å². The number of carbonyl (C=O) groups is 2. The van der Waals surface area contributed by atoms with E-state index < -0.39 is 17.7 Å². The van der Waals surface area contributed by atoms with Gasteiger partial charge in [0, 0.05) is 11.1 Å². The van der Waals surface area contributed by atoms with Crippen molar-refractivity contribution in [3.63, 3.8) is 0 Å². The fourth-order valence-corrected chi connectivity index (χ4v) is 4.48. The first-order valence-electron chi connectivity index (χ1n) is 11.9. The van der Waals surface area contributed by atoms with Crippen LogP contribution in [0.15, 0.2) is 64.6 Å². The molecule has 0 spiro atoms. The molecule has 36 heavy (non-hydrogen) atoms. The van der Waals surface area contributed by atoms with Crippen LogP contribution in [0.5, 0.6) is 11.5 Å². The number of Topliss-reactive ketones (excluding diaryl/α,β-unsaturated/α-hetero) is 1. The van der Waals surface area contributed by atoms with Crippen LogP contribution in [0.3, 0.4) is 0 Å². The van der Waals surface area contributed by atoms with Crippen LogP contribution < -0.4 is 14.4 Å². The van der Waals surface area contributed by atoms with E-state index >= 15 is 0 Å². The van der Waals surface area contributed by atoms with E-state index in [-0.39, 0.29) is 16.7 Å². The number of methoxy groups -OCH3 is 1. The molecule has 188 valence electrons. The Morgan fingerprint density at radius 1 is 1.06 bits per heavy atom. The molecule has 1 aliphatic rings. The van der Waals surface area contributed by atoms with Crippen LogP contribution in [0.1, 0.15) is 56.4 Å². The zero-order valence-electron chi connectivity index (χ0n) is 21.4. The van der Waals surface area contributed by atoms with E-state index in [0.29, 0.717) is 40.9 Å². The number of ketones is 1. The lowest BCUT2D eigenvalue weighted by Crippen LogP contribution is -2.29. The van der Waals surface area contributed by atoms with Crippen molar-refractivity contribution in [2.75, 3.05) is 18.6 Å². The molecule has 0 radical (unpaired) electrons. The lowest BCUT2D eigenvalue weighted by Gasteiger charge is -2.25. The van der Waals surface area contributed by atoms with Gasteiger partial charge in [0.05, 0.1) is 25.0 Å². The number of benzene rings is 2. The third kappa shape index (κ3) is 4.37. The molecule has 1 atom stereocenters. The van der Waals surface area contributed by atoms with Gasteiger partial charge in [0.15, 0.2) is 0 Å². The highest BCUT2D eigenvalue weighted by Crippen LogP contribution is 2.45. The molecule has 0 saturated carbocycles. The topological polar surface area (TPSA) is 89.2 Å². The highest BCUT2D eigenvalue weighted by atomic mass is 16.5. The number of nitrogens with zero attached hydrogens (tertiary/aromatic N) is 1. The maximum absolute atomic E-state index is 13.4. The van der Waals surface area contributed by atoms with E-state index in [9.17, 15) is 14.7 Å². The first-order chi connectivity index (χ1) is 17.1. The second-order valence-electron chi connectivity index (χ2n) is 9.68. The molecule has 1 aromatic heterocycles. The van der Waals surface area contributed by atoms with Crippen LogP contribution in [-0.4, -0.2) is 30.5 Å². The Labute approximate surface area is 210 Å². The van der Waals surface area contributed by atoms with Gasteiger partial charge < -0.3 is 19.0 Å². The minimum Gasteiger partial charge on any atom is -0.507 e. The Morgan fingerprint density at radius 2 is 1.78 bits per heavy atom. The number of anilines is 1. The molecule has 1 N–H and O–H groups in total. The summed E-state index contributed by atoms with van der Waals surface area (Å²) in [5.74, 6) is 0.245. The number of rotatable bonds is 6. The number of para-hydroxylation sites is 2. The van der Waals surface area contributed by atoms with E-state index in [1.165, 1.54) is 12.0 Å². The molecular weight excluding hydrogens is 458 g/mol. The molecule has 1 amide bonds. The van der Waals surface area contributed by atoms with Crippen molar-refractivity contribution in [3.8, 4) is 11.5 Å². The lowest BCUT2D eigenvalue weighted by molar-refractivity contribution is -0.132. The van der Waals surface area contributed by atoms with Crippen LogP contribution in [0.4, 0.5) is 5.69 Å². The molecule has 0 aliphatic carbocycles. The fraction of sp³-hybridized carbons (Fsp3) is 0.310. The molecule has 1 fully saturated rings. The molecule has 1 unspecified atom stereocenters. The molecule has 1 aliphatic heterocycles. The van der Waals surface area contributed by atoms with Crippen molar-refractivity contribution >= 4 is 23.1 Å². The number of furan rings is 1. The van der Waals surface area contributed by atoms with Crippen molar-refractivity contribution in [1.29, 1.82) is 0 Å². The summed E-state index contributed by atoms with van der Waals surface area (Å²) in [6.07, 6.45) is 0. The maximum atomic E-state index is 13.4. The predicted molar refractivity (Wildman–Crippen MR) is 138 cm³/mol. The number of aliphatic hydroxyl groups is 1. The van der Waals surface area contributed by atoms with E-state index in [0.717, 1.165) is 5.56 Å². The third-order valence-electron chi connectivity index (χ3n) is 6.18. The minimum absolute atomic E-state index is 0.0516. The zero-order chi connectivity index (χ0) is 26.2.